The lowest BCUT2D eigenvalue weighted by atomic mass is 9.93. The Balaban J connectivity index is 1.62. The molecule has 202 valence electrons. The van der Waals surface area contributed by atoms with Gasteiger partial charge in [-0.25, -0.2) is 18.2 Å². The summed E-state index contributed by atoms with van der Waals surface area (Å²) in [6, 6.07) is 7.03. The van der Waals surface area contributed by atoms with Gasteiger partial charge in [0, 0.05) is 24.8 Å². The van der Waals surface area contributed by atoms with E-state index in [9.17, 15) is 22.8 Å². The van der Waals surface area contributed by atoms with Crippen LogP contribution in [0.4, 0.5) is 19.0 Å². The second kappa shape index (κ2) is 12.5. The van der Waals surface area contributed by atoms with Crippen LogP contribution in [0.2, 0.25) is 5.02 Å². The van der Waals surface area contributed by atoms with E-state index in [-0.39, 0.29) is 34.3 Å². The highest BCUT2D eigenvalue weighted by Gasteiger charge is 2.35. The molecule has 1 aliphatic heterocycles. The number of pyridine rings is 1. The number of piperidine rings is 1. The van der Waals surface area contributed by atoms with Gasteiger partial charge in [-0.05, 0) is 63.4 Å². The summed E-state index contributed by atoms with van der Waals surface area (Å²) in [6.45, 7) is 5.25. The number of nitrogens with one attached hydrogen (secondary N) is 2. The zero-order chi connectivity index (χ0) is 27.2. The average molecular weight is 541 g/mol. The van der Waals surface area contributed by atoms with Crippen molar-refractivity contribution in [2.75, 3.05) is 18.0 Å². The van der Waals surface area contributed by atoms with E-state index in [0.29, 0.717) is 25.2 Å². The quantitative estimate of drug-likeness (QED) is 0.444. The summed E-state index contributed by atoms with van der Waals surface area (Å²) in [6.07, 6.45) is 1.91. The van der Waals surface area contributed by atoms with Crippen LogP contribution in [0, 0.1) is 5.82 Å². The Labute approximate surface area is 219 Å². The van der Waals surface area contributed by atoms with E-state index in [1.54, 1.807) is 26.0 Å². The first-order chi connectivity index (χ1) is 17.5. The lowest BCUT2D eigenvalue weighted by Gasteiger charge is -2.41. The molecular weight excluding hydrogens is 509 g/mol. The predicted molar refractivity (Wildman–Crippen MR) is 136 cm³/mol. The number of ether oxygens (including phenoxy) is 1. The molecule has 11 heteroatoms. The number of hydrogen-bond donors (Lipinski definition) is 2. The summed E-state index contributed by atoms with van der Waals surface area (Å²) in [5, 5.41) is 5.33. The molecule has 0 aliphatic carbocycles. The number of amides is 2. The molecule has 2 N–H and O–H groups in total. The summed E-state index contributed by atoms with van der Waals surface area (Å²) >= 11 is 6.06. The van der Waals surface area contributed by atoms with Crippen LogP contribution in [0.15, 0.2) is 36.5 Å². The van der Waals surface area contributed by atoms with Crippen molar-refractivity contribution in [3.8, 4) is 5.75 Å². The summed E-state index contributed by atoms with van der Waals surface area (Å²) in [5.41, 5.74) is -1.02. The minimum atomic E-state index is -2.62. The van der Waals surface area contributed by atoms with Crippen LogP contribution < -0.4 is 20.3 Å². The number of benzene rings is 1. The van der Waals surface area contributed by atoms with Gasteiger partial charge < -0.3 is 20.3 Å². The molecule has 3 rings (SSSR count). The second-order valence-electron chi connectivity index (χ2n) is 9.52. The molecule has 0 bridgehead atoms. The minimum absolute atomic E-state index is 0.0854. The van der Waals surface area contributed by atoms with Gasteiger partial charge in [0.1, 0.15) is 17.4 Å². The molecule has 2 heterocycles. The Kier molecular flexibility index (Phi) is 9.64. The topological polar surface area (TPSA) is 83.6 Å². The average Bonchev–Trinajstić information content (AvgIpc) is 2.85. The third-order valence-electron chi connectivity index (χ3n) is 6.20. The van der Waals surface area contributed by atoms with E-state index in [2.05, 4.69) is 27.4 Å². The minimum Gasteiger partial charge on any atom is -0.476 e. The first-order valence-corrected chi connectivity index (χ1v) is 12.6. The maximum atomic E-state index is 13.3. The monoisotopic (exact) mass is 540 g/mol. The maximum Gasteiger partial charge on any atom is 0.263 e. The molecule has 1 saturated heterocycles. The molecule has 1 aliphatic rings. The molecule has 7 nitrogen and oxygen atoms in total. The summed E-state index contributed by atoms with van der Waals surface area (Å²) < 4.78 is 43.9. The van der Waals surface area contributed by atoms with Crippen LogP contribution >= 0.6 is 11.6 Å². The third-order valence-corrected chi connectivity index (χ3v) is 6.50. The van der Waals surface area contributed by atoms with Crippen molar-refractivity contribution < 1.29 is 27.5 Å². The molecule has 2 atom stereocenters. The zero-order valence-corrected chi connectivity index (χ0v) is 21.8. The van der Waals surface area contributed by atoms with Crippen molar-refractivity contribution >= 4 is 29.2 Å². The van der Waals surface area contributed by atoms with Crippen LogP contribution in [0.5, 0.6) is 5.75 Å². The van der Waals surface area contributed by atoms with E-state index in [4.69, 9.17) is 16.3 Å². The number of carbonyl (C=O) groups excluding carboxylic acids is 2. The Morgan fingerprint density at radius 3 is 2.65 bits per heavy atom. The van der Waals surface area contributed by atoms with Crippen LogP contribution in [0.25, 0.3) is 0 Å². The van der Waals surface area contributed by atoms with Crippen molar-refractivity contribution in [2.45, 2.75) is 70.6 Å². The van der Waals surface area contributed by atoms with Gasteiger partial charge in [-0.2, -0.15) is 0 Å². The highest BCUT2D eigenvalue weighted by molar-refractivity contribution is 6.32. The fraction of sp³-hybridized carbons (Fsp3) is 0.500. The summed E-state index contributed by atoms with van der Waals surface area (Å²) in [5.74, 6) is -0.494. The summed E-state index contributed by atoms with van der Waals surface area (Å²) in [4.78, 5) is 31.6. The first-order valence-electron chi connectivity index (χ1n) is 12.2. The van der Waals surface area contributed by atoms with Gasteiger partial charge in [-0.3, -0.25) is 9.59 Å². The van der Waals surface area contributed by atoms with Gasteiger partial charge in [0.05, 0.1) is 17.1 Å². The van der Waals surface area contributed by atoms with Crippen molar-refractivity contribution in [2.24, 2.45) is 0 Å². The van der Waals surface area contributed by atoms with E-state index < -0.39 is 30.3 Å². The smallest absolute Gasteiger partial charge is 0.263 e. The number of aromatic nitrogens is 1. The highest BCUT2D eigenvalue weighted by atomic mass is 35.5. The Hall–Kier alpha value is -3.01. The SMILES string of the molecule is CCCC1CC(NC(=O)C(C)(C)Oc2ccc(F)cc2Cl)CCN1c1ccc(C(=O)NCC(F)F)cn1. The first kappa shape index (κ1) is 28.6. The van der Waals surface area contributed by atoms with Gasteiger partial charge in [0.15, 0.2) is 5.60 Å². The largest absolute Gasteiger partial charge is 0.476 e. The number of carbonyl (C=O) groups is 2. The van der Waals surface area contributed by atoms with Gasteiger partial charge >= 0.3 is 0 Å². The molecular formula is C26H32ClF3N4O3. The normalized spacial score (nSPS) is 18.0. The maximum absolute atomic E-state index is 13.3. The zero-order valence-electron chi connectivity index (χ0n) is 21.1. The van der Waals surface area contributed by atoms with Crippen molar-refractivity contribution in [1.29, 1.82) is 0 Å². The predicted octanol–water partition coefficient (Wildman–Crippen LogP) is 4.98. The number of alkyl halides is 2. The standard InChI is InChI=1S/C26H32ClF3N4O3/c1-4-5-19-13-18(33-25(36)26(2,3)37-21-8-7-17(28)12-20(21)27)10-11-34(19)23-9-6-16(14-31-23)24(35)32-15-22(29)30/h6-9,12,14,18-19,22H,4-5,10-11,13,15H2,1-3H3,(H,32,35)(H,33,36). The van der Waals surface area contributed by atoms with Crippen LogP contribution in [0.3, 0.4) is 0 Å². The number of hydrogen-bond acceptors (Lipinski definition) is 5. The highest BCUT2D eigenvalue weighted by Crippen LogP contribution is 2.30. The van der Waals surface area contributed by atoms with E-state index in [1.807, 2.05) is 0 Å². The number of rotatable bonds is 10. The molecule has 0 spiro atoms. The lowest BCUT2D eigenvalue weighted by Crippen LogP contribution is -2.55. The molecule has 0 saturated carbocycles. The molecule has 2 unspecified atom stereocenters. The van der Waals surface area contributed by atoms with Crippen molar-refractivity contribution in [1.82, 2.24) is 15.6 Å². The second-order valence-corrected chi connectivity index (χ2v) is 9.93. The van der Waals surface area contributed by atoms with Gasteiger partial charge in [-0.1, -0.05) is 24.9 Å². The van der Waals surface area contributed by atoms with E-state index in [1.165, 1.54) is 18.3 Å². The van der Waals surface area contributed by atoms with Crippen molar-refractivity contribution in [3.05, 3.63) is 52.9 Å². The fourth-order valence-corrected chi connectivity index (χ4v) is 4.50. The van der Waals surface area contributed by atoms with Gasteiger partial charge in [0.2, 0.25) is 0 Å². The molecule has 2 aromatic rings. The van der Waals surface area contributed by atoms with E-state index in [0.717, 1.165) is 18.9 Å². The van der Waals surface area contributed by atoms with E-state index >= 15 is 0 Å². The molecule has 1 aromatic carbocycles. The molecule has 1 aromatic heterocycles. The number of halogens is 4. The number of nitrogens with zero attached hydrogens (tertiary/aromatic N) is 2. The molecule has 37 heavy (non-hydrogen) atoms. The fourth-order valence-electron chi connectivity index (χ4n) is 4.29. The molecule has 0 radical (unpaired) electrons. The molecule has 1 fully saturated rings. The Morgan fingerprint density at radius 1 is 1.27 bits per heavy atom. The third kappa shape index (κ3) is 7.74. The summed E-state index contributed by atoms with van der Waals surface area (Å²) in [7, 11) is 0. The van der Waals surface area contributed by atoms with Gasteiger partial charge in [-0.15, -0.1) is 0 Å². The number of anilines is 1. The Morgan fingerprint density at radius 2 is 2.03 bits per heavy atom. The van der Waals surface area contributed by atoms with Crippen LogP contribution in [-0.2, 0) is 4.79 Å². The lowest BCUT2D eigenvalue weighted by molar-refractivity contribution is -0.135. The van der Waals surface area contributed by atoms with Crippen molar-refractivity contribution in [3.63, 3.8) is 0 Å². The molecule has 2 amide bonds. The van der Waals surface area contributed by atoms with Crippen LogP contribution in [-0.4, -0.2) is 54.0 Å². The van der Waals surface area contributed by atoms with Crippen LogP contribution in [0.1, 0.15) is 56.8 Å². The Bertz CT molecular complexity index is 1090. The van der Waals surface area contributed by atoms with Gasteiger partial charge in [0.25, 0.3) is 18.2 Å².